The van der Waals surface area contributed by atoms with Crippen LogP contribution in [0.15, 0.2) is 35.3 Å². The first-order valence-electron chi connectivity index (χ1n) is 6.65. The van der Waals surface area contributed by atoms with E-state index in [0.717, 1.165) is 17.9 Å². The molecular formula is C15H22FN. The number of rotatable bonds is 2. The summed E-state index contributed by atoms with van der Waals surface area (Å²) in [6.45, 7) is 4.31. The van der Waals surface area contributed by atoms with E-state index in [1.807, 2.05) is 13.0 Å². The van der Waals surface area contributed by atoms with E-state index in [4.69, 9.17) is 0 Å². The summed E-state index contributed by atoms with van der Waals surface area (Å²) in [6, 6.07) is 0.583. The number of hydrogen-bond acceptors (Lipinski definition) is 1. The third-order valence-electron chi connectivity index (χ3n) is 3.82. The summed E-state index contributed by atoms with van der Waals surface area (Å²) in [5.41, 5.74) is 2.22. The van der Waals surface area contributed by atoms with Gasteiger partial charge in [0.2, 0.25) is 0 Å². The Morgan fingerprint density at radius 3 is 2.65 bits per heavy atom. The minimum Gasteiger partial charge on any atom is -0.385 e. The molecule has 0 aliphatic heterocycles. The van der Waals surface area contributed by atoms with Gasteiger partial charge in [-0.05, 0) is 56.3 Å². The van der Waals surface area contributed by atoms with E-state index in [1.54, 1.807) is 12.2 Å². The molecule has 0 radical (unpaired) electrons. The molecule has 2 aliphatic carbocycles. The van der Waals surface area contributed by atoms with Crippen molar-refractivity contribution in [1.29, 1.82) is 0 Å². The third kappa shape index (κ3) is 3.45. The van der Waals surface area contributed by atoms with Crippen molar-refractivity contribution in [3.8, 4) is 0 Å². The predicted octanol–water partition coefficient (Wildman–Crippen LogP) is 4.24. The van der Waals surface area contributed by atoms with Crippen molar-refractivity contribution < 1.29 is 4.39 Å². The Morgan fingerprint density at radius 2 is 1.94 bits per heavy atom. The topological polar surface area (TPSA) is 12.0 Å². The largest absolute Gasteiger partial charge is 0.385 e. The molecule has 0 heterocycles. The van der Waals surface area contributed by atoms with Crippen molar-refractivity contribution in [2.24, 2.45) is 5.92 Å². The molecular weight excluding hydrogens is 213 g/mol. The fourth-order valence-corrected chi connectivity index (χ4v) is 2.62. The molecule has 0 bridgehead atoms. The van der Waals surface area contributed by atoms with Gasteiger partial charge >= 0.3 is 0 Å². The Hall–Kier alpha value is -1.05. The van der Waals surface area contributed by atoms with E-state index in [2.05, 4.69) is 12.2 Å². The van der Waals surface area contributed by atoms with Gasteiger partial charge in [-0.25, -0.2) is 4.39 Å². The van der Waals surface area contributed by atoms with Crippen LogP contribution < -0.4 is 5.32 Å². The van der Waals surface area contributed by atoms with E-state index in [0.29, 0.717) is 6.04 Å². The molecule has 2 heteroatoms. The fourth-order valence-electron chi connectivity index (χ4n) is 2.62. The van der Waals surface area contributed by atoms with Gasteiger partial charge in [0.15, 0.2) is 0 Å². The van der Waals surface area contributed by atoms with Gasteiger partial charge in [-0.2, -0.15) is 0 Å². The quantitative estimate of drug-likeness (QED) is 0.754. The number of halogens is 1. The molecule has 0 amide bonds. The van der Waals surface area contributed by atoms with Crippen molar-refractivity contribution in [3.05, 3.63) is 35.3 Å². The Kier molecular flexibility index (Phi) is 4.03. The van der Waals surface area contributed by atoms with E-state index in [-0.39, 0.29) is 5.83 Å². The first kappa shape index (κ1) is 12.4. The van der Waals surface area contributed by atoms with E-state index < -0.39 is 0 Å². The lowest BCUT2D eigenvalue weighted by molar-refractivity contribution is 0.319. The molecule has 0 aromatic rings. The second kappa shape index (κ2) is 5.52. The summed E-state index contributed by atoms with van der Waals surface area (Å²) < 4.78 is 13.2. The van der Waals surface area contributed by atoms with Crippen LogP contribution >= 0.6 is 0 Å². The van der Waals surface area contributed by atoms with Gasteiger partial charge < -0.3 is 5.32 Å². The highest BCUT2D eigenvalue weighted by Crippen LogP contribution is 2.25. The molecule has 1 saturated carbocycles. The lowest BCUT2D eigenvalue weighted by Gasteiger charge is -2.29. The average molecular weight is 235 g/mol. The average Bonchev–Trinajstić information content (AvgIpc) is 2.44. The van der Waals surface area contributed by atoms with Crippen LogP contribution in [0, 0.1) is 5.92 Å². The summed E-state index contributed by atoms with van der Waals surface area (Å²) in [5, 5.41) is 3.61. The molecule has 1 N–H and O–H groups in total. The van der Waals surface area contributed by atoms with Gasteiger partial charge in [0, 0.05) is 18.2 Å². The minimum absolute atomic E-state index is 0.142. The van der Waals surface area contributed by atoms with Crippen LogP contribution in [-0.4, -0.2) is 6.04 Å². The van der Waals surface area contributed by atoms with Crippen LogP contribution in [0.25, 0.3) is 0 Å². The molecule has 0 spiro atoms. The Balaban J connectivity index is 1.98. The summed E-state index contributed by atoms with van der Waals surface area (Å²) in [6.07, 6.45) is 11.0. The highest BCUT2D eigenvalue weighted by molar-refractivity contribution is 5.33. The van der Waals surface area contributed by atoms with Gasteiger partial charge in [-0.15, -0.1) is 0 Å². The maximum atomic E-state index is 13.2. The molecule has 17 heavy (non-hydrogen) atoms. The van der Waals surface area contributed by atoms with Crippen LogP contribution in [0.5, 0.6) is 0 Å². The minimum atomic E-state index is -0.142. The predicted molar refractivity (Wildman–Crippen MR) is 70.2 cm³/mol. The summed E-state index contributed by atoms with van der Waals surface area (Å²) >= 11 is 0. The molecule has 2 rings (SSSR count). The molecule has 1 nitrogen and oxygen atoms in total. The smallest absolute Gasteiger partial charge is 0.123 e. The van der Waals surface area contributed by atoms with E-state index >= 15 is 0 Å². The van der Waals surface area contributed by atoms with Crippen LogP contribution in [0.4, 0.5) is 4.39 Å². The number of allylic oxidation sites excluding steroid dienone is 5. The van der Waals surface area contributed by atoms with Crippen molar-refractivity contribution in [2.75, 3.05) is 0 Å². The second-order valence-corrected chi connectivity index (χ2v) is 5.40. The summed E-state index contributed by atoms with van der Waals surface area (Å²) in [7, 11) is 0. The first-order chi connectivity index (χ1) is 8.15. The summed E-state index contributed by atoms with van der Waals surface area (Å²) in [4.78, 5) is 0. The van der Waals surface area contributed by atoms with Gasteiger partial charge in [-0.3, -0.25) is 0 Å². The monoisotopic (exact) mass is 235 g/mol. The van der Waals surface area contributed by atoms with Gasteiger partial charge in [-0.1, -0.05) is 13.0 Å². The molecule has 0 saturated heterocycles. The Morgan fingerprint density at radius 1 is 1.24 bits per heavy atom. The maximum absolute atomic E-state index is 13.2. The van der Waals surface area contributed by atoms with Gasteiger partial charge in [0.25, 0.3) is 0 Å². The van der Waals surface area contributed by atoms with Crippen LogP contribution in [0.2, 0.25) is 0 Å². The molecule has 94 valence electrons. The van der Waals surface area contributed by atoms with Crippen molar-refractivity contribution in [2.45, 2.75) is 52.0 Å². The van der Waals surface area contributed by atoms with Crippen molar-refractivity contribution in [3.63, 3.8) is 0 Å². The molecule has 0 aromatic heterocycles. The normalized spacial score (nSPS) is 29.9. The standard InChI is InChI=1S/C15H22FN/c1-11-6-8-14(9-7-11)17-15-5-3-4-13(16)10-12(15)2/h3-4,10-11,14,17H,5-9H2,1-2H3. The first-order valence-corrected chi connectivity index (χ1v) is 6.65. The lowest BCUT2D eigenvalue weighted by Crippen LogP contribution is -2.32. The SMILES string of the molecule is CC1=C(NC2CCC(C)CC2)CC=CC(F)=C1. The third-order valence-corrected chi connectivity index (χ3v) is 3.82. The van der Waals surface area contributed by atoms with E-state index in [9.17, 15) is 4.39 Å². The highest BCUT2D eigenvalue weighted by Gasteiger charge is 2.19. The van der Waals surface area contributed by atoms with E-state index in [1.165, 1.54) is 31.4 Å². The molecule has 0 unspecified atom stereocenters. The van der Waals surface area contributed by atoms with Crippen LogP contribution in [0.3, 0.4) is 0 Å². The second-order valence-electron chi connectivity index (χ2n) is 5.40. The zero-order valence-corrected chi connectivity index (χ0v) is 10.8. The van der Waals surface area contributed by atoms with Crippen LogP contribution in [0.1, 0.15) is 46.0 Å². The fraction of sp³-hybridized carbons (Fsp3) is 0.600. The van der Waals surface area contributed by atoms with Gasteiger partial charge in [0.05, 0.1) is 0 Å². The zero-order chi connectivity index (χ0) is 12.3. The molecule has 1 fully saturated rings. The molecule has 0 aromatic carbocycles. The molecule has 2 aliphatic rings. The number of nitrogens with one attached hydrogen (secondary N) is 1. The van der Waals surface area contributed by atoms with Crippen LogP contribution in [-0.2, 0) is 0 Å². The number of hydrogen-bond donors (Lipinski definition) is 1. The van der Waals surface area contributed by atoms with Crippen molar-refractivity contribution in [1.82, 2.24) is 5.32 Å². The lowest BCUT2D eigenvalue weighted by atomic mass is 9.87. The highest BCUT2D eigenvalue weighted by atomic mass is 19.1. The maximum Gasteiger partial charge on any atom is 0.123 e. The van der Waals surface area contributed by atoms with Gasteiger partial charge in [0.1, 0.15) is 5.83 Å². The Bertz CT molecular complexity index is 357. The summed E-state index contributed by atoms with van der Waals surface area (Å²) in [5.74, 6) is 0.728. The zero-order valence-electron chi connectivity index (χ0n) is 10.8. The Labute approximate surface area is 103 Å². The van der Waals surface area contributed by atoms with Crippen molar-refractivity contribution >= 4 is 0 Å². The molecule has 0 atom stereocenters.